The van der Waals surface area contributed by atoms with Gasteiger partial charge in [-0.15, -0.1) is 11.3 Å². The molecule has 11 heteroatoms. The lowest BCUT2D eigenvalue weighted by Crippen LogP contribution is -2.25. The van der Waals surface area contributed by atoms with Crippen LogP contribution in [-0.2, 0) is 22.2 Å². The van der Waals surface area contributed by atoms with Gasteiger partial charge in [-0.2, -0.15) is 0 Å². The van der Waals surface area contributed by atoms with Crippen molar-refractivity contribution >= 4 is 32.5 Å². The molecule has 0 aliphatic carbocycles. The summed E-state index contributed by atoms with van der Waals surface area (Å²) in [6, 6.07) is 14.4. The monoisotopic (exact) mass is 554 g/mol. The molecule has 2 aromatic carbocycles. The molecule has 5 heterocycles. The Hall–Kier alpha value is -4.19. The highest BCUT2D eigenvalue weighted by atomic mass is 32.2. The largest absolute Gasteiger partial charge is 0.377 e. The van der Waals surface area contributed by atoms with Crippen LogP contribution in [0.15, 0.2) is 89.8 Å². The van der Waals surface area contributed by atoms with Crippen LogP contribution in [-0.4, -0.2) is 42.0 Å². The maximum absolute atomic E-state index is 13.5. The quantitative estimate of drug-likeness (QED) is 0.331. The van der Waals surface area contributed by atoms with Crippen LogP contribution < -0.4 is 0 Å². The van der Waals surface area contributed by atoms with Gasteiger partial charge in [0.1, 0.15) is 21.9 Å². The van der Waals surface area contributed by atoms with E-state index in [0.29, 0.717) is 35.6 Å². The van der Waals surface area contributed by atoms with Crippen molar-refractivity contribution in [3.8, 4) is 21.8 Å². The molecule has 0 fully saturated rings. The topological polar surface area (TPSA) is 116 Å². The maximum Gasteiger partial charge on any atom is 0.269 e. The van der Waals surface area contributed by atoms with Crippen molar-refractivity contribution in [2.45, 2.75) is 30.4 Å². The van der Waals surface area contributed by atoms with Gasteiger partial charge in [0.15, 0.2) is 5.65 Å². The molecule has 0 spiro atoms. The first-order chi connectivity index (χ1) is 18.8. The highest BCUT2D eigenvalue weighted by Gasteiger charge is 2.40. The van der Waals surface area contributed by atoms with E-state index in [0.717, 1.165) is 21.7 Å². The number of benzene rings is 2. The minimum absolute atomic E-state index is 0.170. The Balaban J connectivity index is 1.29. The highest BCUT2D eigenvalue weighted by Crippen LogP contribution is 2.40. The molecule has 1 atom stereocenters. The number of thiazole rings is 1. The normalized spacial score (nSPS) is 17.1. The maximum atomic E-state index is 13.5. The molecule has 1 aliphatic heterocycles. The van der Waals surface area contributed by atoms with E-state index in [1.807, 2.05) is 47.3 Å². The molecule has 0 bridgehead atoms. The fraction of sp³-hybridized carbons (Fsp3) is 0.143. The lowest BCUT2D eigenvalue weighted by atomic mass is 9.90. The van der Waals surface area contributed by atoms with Crippen LogP contribution in [0.1, 0.15) is 23.4 Å². The number of fused-ring (bicyclic) bond motifs is 2. The van der Waals surface area contributed by atoms with Crippen LogP contribution in [0, 0.1) is 6.92 Å². The van der Waals surface area contributed by atoms with Gasteiger partial charge < -0.3 is 9.67 Å². The van der Waals surface area contributed by atoms with Crippen molar-refractivity contribution in [3.63, 3.8) is 0 Å². The zero-order valence-electron chi connectivity index (χ0n) is 20.8. The Morgan fingerprint density at radius 1 is 1.03 bits per heavy atom. The smallest absolute Gasteiger partial charge is 0.269 e. The lowest BCUT2D eigenvalue weighted by Gasteiger charge is -2.22. The molecule has 6 aromatic rings. The molecule has 4 aromatic heterocycles. The SMILES string of the molecule is Cc1ccc(S(=O)(=O)n2cc(-c3csc(-c4cccc([C@]5(O)CCn6ccnc65)c4)n3)c3nccnc32)cc1. The first kappa shape index (κ1) is 23.9. The van der Waals surface area contributed by atoms with Crippen LogP contribution in [0.3, 0.4) is 0 Å². The van der Waals surface area contributed by atoms with Gasteiger partial charge in [0.05, 0.1) is 10.6 Å². The molecule has 194 valence electrons. The van der Waals surface area contributed by atoms with E-state index in [1.165, 1.54) is 33.9 Å². The number of nitrogens with zero attached hydrogens (tertiary/aromatic N) is 6. The lowest BCUT2D eigenvalue weighted by molar-refractivity contribution is 0.0786. The second kappa shape index (κ2) is 8.67. The number of aromatic nitrogens is 6. The number of aryl methyl sites for hydroxylation is 2. The minimum Gasteiger partial charge on any atom is -0.377 e. The predicted octanol–water partition coefficient (Wildman–Crippen LogP) is 4.60. The van der Waals surface area contributed by atoms with Crippen molar-refractivity contribution in [3.05, 3.63) is 102 Å². The Morgan fingerprint density at radius 2 is 1.85 bits per heavy atom. The molecule has 9 nitrogen and oxygen atoms in total. The van der Waals surface area contributed by atoms with Gasteiger partial charge >= 0.3 is 0 Å². The Labute approximate surface area is 228 Å². The highest BCUT2D eigenvalue weighted by molar-refractivity contribution is 7.90. The van der Waals surface area contributed by atoms with Crippen molar-refractivity contribution in [1.29, 1.82) is 0 Å². The summed E-state index contributed by atoms with van der Waals surface area (Å²) in [5.41, 5.74) is 3.28. The van der Waals surface area contributed by atoms with Crippen molar-refractivity contribution in [1.82, 2.24) is 28.5 Å². The first-order valence-electron chi connectivity index (χ1n) is 12.3. The van der Waals surface area contributed by atoms with Gasteiger partial charge in [-0.25, -0.2) is 27.3 Å². The summed E-state index contributed by atoms with van der Waals surface area (Å²) in [4.78, 5) is 18.2. The first-order valence-corrected chi connectivity index (χ1v) is 14.6. The van der Waals surface area contributed by atoms with Gasteiger partial charge in [-0.1, -0.05) is 35.9 Å². The van der Waals surface area contributed by atoms with E-state index in [4.69, 9.17) is 4.98 Å². The Bertz CT molecular complexity index is 1970. The summed E-state index contributed by atoms with van der Waals surface area (Å²) in [5, 5.41) is 14.1. The number of hydrogen-bond donors (Lipinski definition) is 1. The average molecular weight is 555 g/mol. The third-order valence-corrected chi connectivity index (χ3v) is 9.69. The summed E-state index contributed by atoms with van der Waals surface area (Å²) in [7, 11) is -3.90. The summed E-state index contributed by atoms with van der Waals surface area (Å²) in [6.07, 6.45) is 8.69. The van der Waals surface area contributed by atoms with Crippen LogP contribution in [0.25, 0.3) is 33.0 Å². The number of rotatable bonds is 5. The molecule has 0 unspecified atom stereocenters. The fourth-order valence-corrected chi connectivity index (χ4v) is 7.21. The van der Waals surface area contributed by atoms with Crippen LogP contribution in [0.2, 0.25) is 0 Å². The molecule has 0 amide bonds. The Kier molecular flexibility index (Phi) is 5.31. The third kappa shape index (κ3) is 3.73. The molecule has 1 N–H and O–H groups in total. The summed E-state index contributed by atoms with van der Waals surface area (Å²) in [5.74, 6) is 0.639. The second-order valence-corrected chi connectivity index (χ2v) is 12.2. The van der Waals surface area contributed by atoms with E-state index in [1.54, 1.807) is 30.5 Å². The summed E-state index contributed by atoms with van der Waals surface area (Å²) in [6.45, 7) is 2.61. The van der Waals surface area contributed by atoms with E-state index in [-0.39, 0.29) is 10.5 Å². The van der Waals surface area contributed by atoms with E-state index < -0.39 is 15.6 Å². The van der Waals surface area contributed by atoms with E-state index in [2.05, 4.69) is 15.0 Å². The number of aliphatic hydroxyl groups is 1. The molecule has 0 radical (unpaired) electrons. The average Bonchev–Trinajstić information content (AvgIpc) is 3.74. The molecule has 1 aliphatic rings. The zero-order valence-corrected chi connectivity index (χ0v) is 22.4. The van der Waals surface area contributed by atoms with Gasteiger partial charge in [-0.3, -0.25) is 4.98 Å². The molecule has 0 saturated carbocycles. The second-order valence-electron chi connectivity index (χ2n) is 9.56. The number of hydrogen-bond acceptors (Lipinski definition) is 8. The summed E-state index contributed by atoms with van der Waals surface area (Å²) >= 11 is 1.44. The molecular formula is C28H22N6O3S2. The zero-order chi connectivity index (χ0) is 26.8. The molecule has 0 saturated heterocycles. The molecular weight excluding hydrogens is 532 g/mol. The minimum atomic E-state index is -3.90. The van der Waals surface area contributed by atoms with Gasteiger partial charge in [-0.05, 0) is 30.7 Å². The fourth-order valence-electron chi connectivity index (χ4n) is 5.08. The van der Waals surface area contributed by atoms with Crippen molar-refractivity contribution < 1.29 is 13.5 Å². The van der Waals surface area contributed by atoms with Gasteiger partial charge in [0, 0.05) is 60.5 Å². The standard InChI is InChI=1S/C28H22N6O3S2/c1-18-5-7-21(8-6-18)39(36,37)34-16-22(24-25(34)30-11-10-29-24)23-17-38-26(32-23)19-3-2-4-20(15-19)28(35)9-13-33-14-12-31-27(28)33/h2-8,10-12,14-17,35H,9,13H2,1H3/t28-/m1/s1. The predicted molar refractivity (Wildman–Crippen MR) is 148 cm³/mol. The van der Waals surface area contributed by atoms with Crippen LogP contribution in [0.4, 0.5) is 0 Å². The van der Waals surface area contributed by atoms with E-state index in [9.17, 15) is 13.5 Å². The molecule has 39 heavy (non-hydrogen) atoms. The Morgan fingerprint density at radius 3 is 2.69 bits per heavy atom. The molecule has 7 rings (SSSR count). The van der Waals surface area contributed by atoms with Gasteiger partial charge in [0.25, 0.3) is 10.0 Å². The summed E-state index contributed by atoms with van der Waals surface area (Å²) < 4.78 is 30.2. The van der Waals surface area contributed by atoms with Crippen LogP contribution >= 0.6 is 11.3 Å². The van der Waals surface area contributed by atoms with E-state index >= 15 is 0 Å². The van der Waals surface area contributed by atoms with Crippen LogP contribution in [0.5, 0.6) is 0 Å². The van der Waals surface area contributed by atoms with Crippen molar-refractivity contribution in [2.24, 2.45) is 0 Å². The number of imidazole rings is 1. The third-order valence-electron chi connectivity index (χ3n) is 7.13. The van der Waals surface area contributed by atoms with Crippen molar-refractivity contribution in [2.75, 3.05) is 0 Å². The van der Waals surface area contributed by atoms with Gasteiger partial charge in [0.2, 0.25) is 0 Å².